The number of hydrogen-bond acceptors (Lipinski definition) is 2. The van der Waals surface area contributed by atoms with E-state index in [1.54, 1.807) is 31.2 Å². The Bertz CT molecular complexity index is 844. The van der Waals surface area contributed by atoms with Crippen LogP contribution in [0.15, 0.2) is 42.6 Å². The molecule has 0 aliphatic carbocycles. The van der Waals surface area contributed by atoms with Crippen molar-refractivity contribution < 1.29 is 9.18 Å². The van der Waals surface area contributed by atoms with Gasteiger partial charge < -0.3 is 5.32 Å². The summed E-state index contributed by atoms with van der Waals surface area (Å²) in [6.07, 6.45) is 1.24. The number of aromatic nitrogens is 2. The Hall–Kier alpha value is -2.40. The van der Waals surface area contributed by atoms with Crippen molar-refractivity contribution in [1.82, 2.24) is 9.38 Å². The molecule has 3 rings (SSSR count). The zero-order valence-electron chi connectivity index (χ0n) is 11.1. The van der Waals surface area contributed by atoms with Crippen molar-refractivity contribution in [1.29, 1.82) is 0 Å². The maximum absolute atomic E-state index is 13.4. The monoisotopic (exact) mass is 303 g/mol. The molecule has 106 valence electrons. The summed E-state index contributed by atoms with van der Waals surface area (Å²) in [5.41, 5.74) is 1.91. The molecule has 0 saturated heterocycles. The molecule has 21 heavy (non-hydrogen) atoms. The Kier molecular flexibility index (Phi) is 3.35. The summed E-state index contributed by atoms with van der Waals surface area (Å²) >= 11 is 5.88. The van der Waals surface area contributed by atoms with Crippen molar-refractivity contribution in [2.45, 2.75) is 6.92 Å². The first kappa shape index (κ1) is 13.6. The Labute approximate surface area is 125 Å². The molecule has 0 atom stereocenters. The number of carbonyl (C=O) groups excluding carboxylic acids is 1. The highest BCUT2D eigenvalue weighted by Crippen LogP contribution is 2.18. The largest absolute Gasteiger partial charge is 0.321 e. The van der Waals surface area contributed by atoms with Crippen molar-refractivity contribution in [3.05, 3.63) is 64.8 Å². The average molecular weight is 304 g/mol. The zero-order chi connectivity index (χ0) is 15.0. The lowest BCUT2D eigenvalue weighted by Gasteiger charge is -2.06. The Morgan fingerprint density at radius 2 is 2.14 bits per heavy atom. The van der Waals surface area contributed by atoms with Gasteiger partial charge in [0.05, 0.1) is 5.69 Å². The van der Waals surface area contributed by atoms with Crippen molar-refractivity contribution in [2.24, 2.45) is 0 Å². The van der Waals surface area contributed by atoms with E-state index in [2.05, 4.69) is 10.3 Å². The van der Waals surface area contributed by atoms with Crippen LogP contribution in [-0.2, 0) is 0 Å². The third kappa shape index (κ3) is 2.60. The quantitative estimate of drug-likeness (QED) is 0.785. The summed E-state index contributed by atoms with van der Waals surface area (Å²) in [4.78, 5) is 16.6. The predicted molar refractivity (Wildman–Crippen MR) is 79.3 cm³/mol. The lowest BCUT2D eigenvalue weighted by Crippen LogP contribution is -2.15. The van der Waals surface area contributed by atoms with E-state index in [-0.39, 0.29) is 5.91 Å². The third-order valence-electron chi connectivity index (χ3n) is 3.05. The molecule has 0 radical (unpaired) electrons. The predicted octanol–water partition coefficient (Wildman–Crippen LogP) is 3.69. The lowest BCUT2D eigenvalue weighted by molar-refractivity contribution is 0.102. The van der Waals surface area contributed by atoms with Gasteiger partial charge in [-0.3, -0.25) is 9.20 Å². The minimum Gasteiger partial charge on any atom is -0.321 e. The van der Waals surface area contributed by atoms with Crippen molar-refractivity contribution in [3.63, 3.8) is 0 Å². The Balaban J connectivity index is 2.01. The molecule has 0 aliphatic rings. The topological polar surface area (TPSA) is 46.4 Å². The summed E-state index contributed by atoms with van der Waals surface area (Å²) in [6, 6.07) is 9.64. The van der Waals surface area contributed by atoms with E-state index in [9.17, 15) is 9.18 Å². The number of carbonyl (C=O) groups is 1. The minimum atomic E-state index is -0.434. The van der Waals surface area contributed by atoms with E-state index in [0.717, 1.165) is 0 Å². The molecule has 4 nitrogen and oxygen atoms in total. The molecule has 0 saturated carbocycles. The SMILES string of the molecule is Cc1nc2ccc(F)cn2c1C(=O)Nc1cccc(Cl)c1. The third-order valence-corrected chi connectivity index (χ3v) is 3.29. The number of imidazole rings is 1. The number of rotatable bonds is 2. The number of anilines is 1. The van der Waals surface area contributed by atoms with Crippen LogP contribution in [-0.4, -0.2) is 15.3 Å². The van der Waals surface area contributed by atoms with Gasteiger partial charge in [0, 0.05) is 16.9 Å². The molecule has 2 heterocycles. The molecule has 3 aromatic rings. The van der Waals surface area contributed by atoms with E-state index in [1.807, 2.05) is 0 Å². The van der Waals surface area contributed by atoms with Gasteiger partial charge in [-0.1, -0.05) is 17.7 Å². The van der Waals surface area contributed by atoms with Gasteiger partial charge in [-0.05, 0) is 37.3 Å². The normalized spacial score (nSPS) is 10.8. The number of hydrogen-bond donors (Lipinski definition) is 1. The number of fused-ring (bicyclic) bond motifs is 1. The highest BCUT2D eigenvalue weighted by Gasteiger charge is 2.17. The van der Waals surface area contributed by atoms with Gasteiger partial charge in [-0.15, -0.1) is 0 Å². The first-order valence-corrected chi connectivity index (χ1v) is 6.63. The van der Waals surface area contributed by atoms with Gasteiger partial charge in [0.25, 0.3) is 5.91 Å². The number of nitrogens with one attached hydrogen (secondary N) is 1. The molecule has 0 aliphatic heterocycles. The maximum Gasteiger partial charge on any atom is 0.274 e. The zero-order valence-corrected chi connectivity index (χ0v) is 11.9. The maximum atomic E-state index is 13.4. The van der Waals surface area contributed by atoms with Crippen LogP contribution in [0.4, 0.5) is 10.1 Å². The fourth-order valence-electron chi connectivity index (χ4n) is 2.17. The molecule has 6 heteroatoms. The van der Waals surface area contributed by atoms with Gasteiger partial charge in [0.2, 0.25) is 0 Å². The van der Waals surface area contributed by atoms with E-state index in [0.29, 0.717) is 27.7 Å². The number of benzene rings is 1. The molecule has 2 aromatic heterocycles. The summed E-state index contributed by atoms with van der Waals surface area (Å²) in [5.74, 6) is -0.801. The summed E-state index contributed by atoms with van der Waals surface area (Å²) in [6.45, 7) is 1.71. The first-order valence-electron chi connectivity index (χ1n) is 6.26. The average Bonchev–Trinajstić information content (AvgIpc) is 2.74. The van der Waals surface area contributed by atoms with Crippen molar-refractivity contribution >= 4 is 28.8 Å². The highest BCUT2D eigenvalue weighted by atomic mass is 35.5. The van der Waals surface area contributed by atoms with Crippen LogP contribution < -0.4 is 5.32 Å². The van der Waals surface area contributed by atoms with Crippen LogP contribution in [0.2, 0.25) is 5.02 Å². The summed E-state index contributed by atoms with van der Waals surface area (Å²) in [5, 5.41) is 3.25. The molecule has 1 aromatic carbocycles. The van der Waals surface area contributed by atoms with Crippen LogP contribution in [0, 0.1) is 12.7 Å². The minimum absolute atomic E-state index is 0.296. The molecular formula is C15H11ClFN3O. The lowest BCUT2D eigenvalue weighted by atomic mass is 10.3. The van der Waals surface area contributed by atoms with Crippen LogP contribution >= 0.6 is 11.6 Å². The number of aryl methyl sites for hydroxylation is 1. The van der Waals surface area contributed by atoms with E-state index < -0.39 is 5.82 Å². The second-order valence-corrected chi connectivity index (χ2v) is 5.02. The van der Waals surface area contributed by atoms with Gasteiger partial charge in [0.1, 0.15) is 17.2 Å². The molecule has 0 bridgehead atoms. The number of pyridine rings is 1. The second-order valence-electron chi connectivity index (χ2n) is 4.59. The van der Waals surface area contributed by atoms with Gasteiger partial charge in [-0.2, -0.15) is 0 Å². The van der Waals surface area contributed by atoms with E-state index in [4.69, 9.17) is 11.6 Å². The molecule has 0 fully saturated rings. The number of halogens is 2. The fraction of sp³-hybridized carbons (Fsp3) is 0.0667. The Morgan fingerprint density at radius 1 is 1.33 bits per heavy atom. The highest BCUT2D eigenvalue weighted by molar-refractivity contribution is 6.30. The number of amides is 1. The summed E-state index contributed by atoms with van der Waals surface area (Å²) in [7, 11) is 0. The molecule has 0 unspecified atom stereocenters. The van der Waals surface area contributed by atoms with E-state index in [1.165, 1.54) is 22.7 Å². The van der Waals surface area contributed by atoms with Gasteiger partial charge in [-0.25, -0.2) is 9.37 Å². The molecule has 1 N–H and O–H groups in total. The second kappa shape index (κ2) is 5.18. The standard InChI is InChI=1S/C15H11ClFN3O/c1-9-14(20-8-11(17)5-6-13(20)18-9)15(21)19-12-4-2-3-10(16)7-12/h2-8H,1H3,(H,19,21). The molecular weight excluding hydrogens is 293 g/mol. The number of nitrogens with zero attached hydrogens (tertiary/aromatic N) is 2. The van der Waals surface area contributed by atoms with Crippen LogP contribution in [0.25, 0.3) is 5.65 Å². The smallest absolute Gasteiger partial charge is 0.274 e. The van der Waals surface area contributed by atoms with Crippen molar-refractivity contribution in [3.8, 4) is 0 Å². The van der Waals surface area contributed by atoms with Crippen LogP contribution in [0.1, 0.15) is 16.2 Å². The Morgan fingerprint density at radius 3 is 2.90 bits per heavy atom. The van der Waals surface area contributed by atoms with Gasteiger partial charge in [0.15, 0.2) is 0 Å². The van der Waals surface area contributed by atoms with Gasteiger partial charge >= 0.3 is 0 Å². The molecule has 1 amide bonds. The first-order chi connectivity index (χ1) is 10.0. The van der Waals surface area contributed by atoms with Crippen molar-refractivity contribution in [2.75, 3.05) is 5.32 Å². The van der Waals surface area contributed by atoms with Crippen LogP contribution in [0.3, 0.4) is 0 Å². The fourth-order valence-corrected chi connectivity index (χ4v) is 2.36. The summed E-state index contributed by atoms with van der Waals surface area (Å²) < 4.78 is 14.8. The van der Waals surface area contributed by atoms with E-state index >= 15 is 0 Å². The van der Waals surface area contributed by atoms with Crippen LogP contribution in [0.5, 0.6) is 0 Å². The molecule has 0 spiro atoms.